The summed E-state index contributed by atoms with van der Waals surface area (Å²) in [4.78, 5) is 4.93. The predicted octanol–water partition coefficient (Wildman–Crippen LogP) is 17.7. The molecule has 0 saturated carbocycles. The van der Waals surface area contributed by atoms with Crippen LogP contribution >= 0.6 is 0 Å². The van der Waals surface area contributed by atoms with Crippen molar-refractivity contribution in [2.24, 2.45) is 0 Å². The Morgan fingerprint density at radius 3 is 1.87 bits per heavy atom. The summed E-state index contributed by atoms with van der Waals surface area (Å²) in [6.07, 6.45) is 1.90. The van der Waals surface area contributed by atoms with Crippen molar-refractivity contribution >= 4 is 50.6 Å². The van der Waals surface area contributed by atoms with Crippen molar-refractivity contribution in [2.75, 3.05) is 0 Å². The molecule has 0 aliphatic carbocycles. The minimum atomic E-state index is -0.647. The third-order valence-electron chi connectivity index (χ3n) is 13.6. The third-order valence-corrected chi connectivity index (χ3v) is 13.6. The molecule has 0 unspecified atom stereocenters. The van der Waals surface area contributed by atoms with E-state index in [0.717, 1.165) is 73.1 Å². The second-order valence-corrected chi connectivity index (χ2v) is 20.1. The Hall–Kier alpha value is -8.25. The molecule has 0 amide bonds. The van der Waals surface area contributed by atoms with Crippen molar-refractivity contribution in [3.8, 4) is 50.7 Å². The van der Waals surface area contributed by atoms with E-state index in [1.165, 1.54) is 34.4 Å². The monoisotopic (exact) mass is 932 g/mol. The molecule has 2 aromatic heterocycles. The largest absolute Gasteiger partial charge is 0.503 e. The van der Waals surface area contributed by atoms with Gasteiger partial charge in [-0.25, -0.2) is 13.8 Å². The van der Waals surface area contributed by atoms with Crippen molar-refractivity contribution in [2.45, 2.75) is 65.7 Å². The normalized spacial score (nSPS) is 12.5. The average molecular weight is 933 g/mol. The van der Waals surface area contributed by atoms with Gasteiger partial charge in [0.05, 0.1) is 28.2 Å². The summed E-state index contributed by atoms with van der Waals surface area (Å²) in [7, 11) is 0. The van der Waals surface area contributed by atoms with E-state index in [1.54, 1.807) is 0 Å². The number of benzene rings is 8. The molecule has 3 heterocycles. The lowest BCUT2D eigenvalue weighted by molar-refractivity contribution is 0.483. The molecule has 1 aliphatic heterocycles. The molecule has 5 nitrogen and oxygen atoms in total. The number of fused-ring (bicyclic) bond motifs is 4. The van der Waals surface area contributed by atoms with Crippen LogP contribution in [0.3, 0.4) is 0 Å². The number of hydrogen-bond acceptors (Lipinski definition) is 2. The van der Waals surface area contributed by atoms with Gasteiger partial charge in [-0.1, -0.05) is 133 Å². The molecule has 71 heavy (non-hydrogen) atoms. The van der Waals surface area contributed by atoms with E-state index in [2.05, 4.69) is 179 Å². The second kappa shape index (κ2) is 17.9. The first kappa shape index (κ1) is 45.2. The first-order valence-corrected chi connectivity index (χ1v) is 24.4. The number of ether oxygens (including phenoxy) is 1. The Morgan fingerprint density at radius 1 is 0.535 bits per heavy atom. The van der Waals surface area contributed by atoms with Gasteiger partial charge in [-0.15, -0.1) is 0 Å². The van der Waals surface area contributed by atoms with E-state index < -0.39 is 11.6 Å². The molecular formula is C64H54F2N4O+2. The number of pyridine rings is 1. The van der Waals surface area contributed by atoms with Crippen LogP contribution in [0.15, 0.2) is 188 Å². The van der Waals surface area contributed by atoms with E-state index in [-0.39, 0.29) is 17.3 Å². The highest BCUT2D eigenvalue weighted by Crippen LogP contribution is 2.47. The van der Waals surface area contributed by atoms with Crippen LogP contribution in [0.1, 0.15) is 77.0 Å². The first-order valence-electron chi connectivity index (χ1n) is 24.4. The second-order valence-electron chi connectivity index (χ2n) is 20.1. The topological polar surface area (TPSA) is 33.1 Å². The lowest BCUT2D eigenvalue weighted by Gasteiger charge is -2.20. The standard InChI is InChI=1S/C64H54F2N4O/c1-40(2)51-20-15-21-52(41(3)4)62(51)44-33-48(37-50(34-44)71-49-27-28-56-55-19-11-12-24-57(55)70(60(56)38-49)61-35-45(29-30-67-61)64(5,6)7)68-39-69(59-26-14-13-25-58(59)68)63-53(42-17-9-8-10-18-42)22-16-23-54(63)43-31-46(65)36-47(66)32-43/h8-38,40-41H,1-7H3/q+2. The number of nitrogens with zero attached hydrogens (tertiary/aromatic N) is 4. The van der Waals surface area contributed by atoms with Crippen LogP contribution in [0.2, 0.25) is 0 Å². The van der Waals surface area contributed by atoms with E-state index in [4.69, 9.17) is 9.72 Å². The molecule has 0 N–H and O–H groups in total. The molecule has 11 rings (SSSR count). The lowest BCUT2D eigenvalue weighted by Crippen LogP contribution is -2.12. The molecule has 0 bridgehead atoms. The van der Waals surface area contributed by atoms with Gasteiger partial charge in [0, 0.05) is 47.3 Å². The molecule has 10 aromatic rings. The predicted molar refractivity (Wildman–Crippen MR) is 289 cm³/mol. The fourth-order valence-electron chi connectivity index (χ4n) is 10.2. The molecule has 0 atom stereocenters. The van der Waals surface area contributed by atoms with Gasteiger partial charge in [-0.3, -0.25) is 4.57 Å². The van der Waals surface area contributed by atoms with E-state index in [0.29, 0.717) is 22.6 Å². The minimum Gasteiger partial charge on any atom is -0.457 e. The van der Waals surface area contributed by atoms with Crippen LogP contribution in [-0.2, 0) is 5.41 Å². The highest BCUT2D eigenvalue weighted by Gasteiger charge is 2.40. The summed E-state index contributed by atoms with van der Waals surface area (Å²) in [5.41, 5.74) is 14.1. The summed E-state index contributed by atoms with van der Waals surface area (Å²) in [5, 5.41) is 2.24. The maximum atomic E-state index is 15.1. The average Bonchev–Trinajstić information content (AvgIpc) is 3.91. The van der Waals surface area contributed by atoms with Gasteiger partial charge >= 0.3 is 6.01 Å². The van der Waals surface area contributed by atoms with Crippen LogP contribution in [-0.4, -0.2) is 15.6 Å². The summed E-state index contributed by atoms with van der Waals surface area (Å²) >= 11 is 0. The smallest absolute Gasteiger partial charge is 0.457 e. The molecule has 0 spiro atoms. The van der Waals surface area contributed by atoms with Crippen LogP contribution in [0.4, 0.5) is 31.5 Å². The Morgan fingerprint density at radius 2 is 1.17 bits per heavy atom. The lowest BCUT2D eigenvalue weighted by atomic mass is 9.85. The number of rotatable bonds is 10. The zero-order chi connectivity index (χ0) is 49.1. The summed E-state index contributed by atoms with van der Waals surface area (Å²) in [6, 6.07) is 63.8. The Balaban J connectivity index is 1.16. The van der Waals surface area contributed by atoms with Crippen LogP contribution in [0.5, 0.6) is 11.5 Å². The molecule has 0 radical (unpaired) electrons. The Kier molecular flexibility index (Phi) is 11.4. The highest BCUT2D eigenvalue weighted by molar-refractivity contribution is 6.09. The molecular weight excluding hydrogens is 879 g/mol. The van der Waals surface area contributed by atoms with E-state index >= 15 is 8.78 Å². The quantitative estimate of drug-likeness (QED) is 0.128. The van der Waals surface area contributed by atoms with Gasteiger partial charge < -0.3 is 4.74 Å². The fourth-order valence-corrected chi connectivity index (χ4v) is 10.2. The Labute approximate surface area is 413 Å². The number of para-hydroxylation sites is 4. The SMILES string of the molecule is CC(C)c1cccc(C(C)C)c1-c1cc(Oc2ccc3c4ccccc4n(-c4cc(C(C)(C)C)ccn4)c3c2)cc([N+]2=C=[N+](c3c(-c4ccccc4)cccc3-c3cc(F)cc(F)c3)c3ccccc32)c1. The zero-order valence-corrected chi connectivity index (χ0v) is 41.0. The minimum absolute atomic E-state index is 0.0624. The molecule has 0 fully saturated rings. The van der Waals surface area contributed by atoms with Crippen molar-refractivity contribution in [3.63, 3.8) is 0 Å². The van der Waals surface area contributed by atoms with Gasteiger partial charge in [0.1, 0.15) is 29.0 Å². The summed E-state index contributed by atoms with van der Waals surface area (Å²) in [5.74, 6) is 1.37. The molecule has 348 valence electrons. The van der Waals surface area contributed by atoms with Crippen molar-refractivity contribution in [3.05, 3.63) is 217 Å². The van der Waals surface area contributed by atoms with Crippen molar-refractivity contribution in [1.82, 2.24) is 18.7 Å². The maximum absolute atomic E-state index is 15.1. The van der Waals surface area contributed by atoms with Gasteiger partial charge in [-0.2, -0.15) is 0 Å². The maximum Gasteiger partial charge on any atom is 0.503 e. The van der Waals surface area contributed by atoms with Crippen molar-refractivity contribution < 1.29 is 13.5 Å². The fraction of sp³-hybridized carbons (Fsp3) is 0.156. The number of halogens is 2. The van der Waals surface area contributed by atoms with Gasteiger partial charge in [-0.05, 0) is 126 Å². The van der Waals surface area contributed by atoms with Crippen molar-refractivity contribution in [1.29, 1.82) is 0 Å². The Bertz CT molecular complexity index is 3750. The third kappa shape index (κ3) is 8.32. The van der Waals surface area contributed by atoms with E-state index in [1.807, 2.05) is 59.3 Å². The van der Waals surface area contributed by atoms with E-state index in [9.17, 15) is 0 Å². The van der Waals surface area contributed by atoms with Gasteiger partial charge in [0.2, 0.25) is 11.4 Å². The summed E-state index contributed by atoms with van der Waals surface area (Å²) in [6.45, 7) is 15.6. The van der Waals surface area contributed by atoms with Crippen LogP contribution in [0.25, 0.3) is 61.0 Å². The number of hydrogen-bond donors (Lipinski definition) is 0. The molecule has 8 aromatic carbocycles. The molecule has 1 aliphatic rings. The first-order chi connectivity index (χ1) is 34.3. The van der Waals surface area contributed by atoms with Crippen LogP contribution in [0, 0.1) is 11.6 Å². The molecule has 0 saturated heterocycles. The zero-order valence-electron chi connectivity index (χ0n) is 41.0. The van der Waals surface area contributed by atoms with Gasteiger partial charge in [0.15, 0.2) is 0 Å². The number of aromatic nitrogens is 2. The van der Waals surface area contributed by atoms with Gasteiger partial charge in [0.25, 0.3) is 11.4 Å². The van der Waals surface area contributed by atoms with Crippen LogP contribution < -0.4 is 13.9 Å². The summed E-state index contributed by atoms with van der Waals surface area (Å²) < 4.78 is 43.6. The highest BCUT2D eigenvalue weighted by atomic mass is 19.1. The molecule has 7 heteroatoms.